The highest BCUT2D eigenvalue weighted by Crippen LogP contribution is 1.92. The number of aliphatic carboxylic acids is 4. The molecular weight excluding hydrogens is 232 g/mol. The van der Waals surface area contributed by atoms with Crippen LogP contribution < -0.4 is 0 Å². The summed E-state index contributed by atoms with van der Waals surface area (Å²) in [6.45, 7) is 0. The molecule has 0 spiro atoms. The highest BCUT2D eigenvalue weighted by atomic mass is 16.4. The van der Waals surface area contributed by atoms with Gasteiger partial charge in [-0.1, -0.05) is 0 Å². The molecule has 0 aliphatic carbocycles. The minimum Gasteiger partial charge on any atom is -0.479 e. The number of aliphatic hydroxyl groups excluding tert-OH is 2. The molecule has 0 aromatic heterocycles. The largest absolute Gasteiger partial charge is 0.479 e. The molecular formula is C6H8O10. The molecule has 0 radical (unpaired) electrons. The molecule has 0 fully saturated rings. The molecule has 0 saturated heterocycles. The SMILES string of the molecule is O=C(O)C(=O)O.O=C(O)[C@H](O)[C@@H](O)C(=O)O. The zero-order chi connectivity index (χ0) is 13.5. The van der Waals surface area contributed by atoms with Crippen molar-refractivity contribution in [1.29, 1.82) is 0 Å². The third-order valence-electron chi connectivity index (χ3n) is 0.988. The van der Waals surface area contributed by atoms with E-state index < -0.39 is 36.1 Å². The lowest BCUT2D eigenvalue weighted by atomic mass is 10.2. The predicted molar refractivity (Wildman–Crippen MR) is 42.6 cm³/mol. The van der Waals surface area contributed by atoms with Crippen molar-refractivity contribution in [3.63, 3.8) is 0 Å². The van der Waals surface area contributed by atoms with Crippen LogP contribution in [0.5, 0.6) is 0 Å². The van der Waals surface area contributed by atoms with Crippen LogP contribution in [0.2, 0.25) is 0 Å². The van der Waals surface area contributed by atoms with Gasteiger partial charge in [-0.05, 0) is 0 Å². The molecule has 0 aliphatic heterocycles. The van der Waals surface area contributed by atoms with Gasteiger partial charge in [0.1, 0.15) is 0 Å². The second kappa shape index (κ2) is 7.14. The van der Waals surface area contributed by atoms with Gasteiger partial charge in [-0.25, -0.2) is 19.2 Å². The first-order chi connectivity index (χ1) is 7.11. The van der Waals surface area contributed by atoms with Crippen molar-refractivity contribution in [2.45, 2.75) is 12.2 Å². The lowest BCUT2D eigenvalue weighted by Crippen LogP contribution is -2.39. The summed E-state index contributed by atoms with van der Waals surface area (Å²) in [7, 11) is 0. The first kappa shape index (κ1) is 16.2. The molecule has 0 unspecified atom stereocenters. The lowest BCUT2D eigenvalue weighted by Gasteiger charge is -2.07. The molecule has 0 saturated carbocycles. The number of carboxylic acid groups (broad SMARTS) is 4. The fourth-order valence-corrected chi connectivity index (χ4v) is 0.270. The maximum atomic E-state index is 9.77. The first-order valence-corrected chi connectivity index (χ1v) is 3.39. The Kier molecular flexibility index (Phi) is 7.25. The van der Waals surface area contributed by atoms with E-state index >= 15 is 0 Å². The highest BCUT2D eigenvalue weighted by Gasteiger charge is 2.29. The van der Waals surface area contributed by atoms with Gasteiger partial charge in [-0.15, -0.1) is 0 Å². The van der Waals surface area contributed by atoms with Gasteiger partial charge < -0.3 is 30.6 Å². The number of rotatable bonds is 3. The standard InChI is InChI=1S/C4H6O6.C2H2O4/c5-1(3(7)8)2(6)4(9)10;3-1(4)2(5)6/h1-2,5-6H,(H,7,8)(H,9,10);(H,3,4)(H,5,6)/t1-,2-;/m1./s1. The molecule has 0 heterocycles. The Balaban J connectivity index is 0. The summed E-state index contributed by atoms with van der Waals surface area (Å²) < 4.78 is 0. The Hall–Kier alpha value is -2.20. The van der Waals surface area contributed by atoms with Gasteiger partial charge in [0.05, 0.1) is 0 Å². The van der Waals surface area contributed by atoms with Gasteiger partial charge in [0.15, 0.2) is 12.2 Å². The van der Waals surface area contributed by atoms with E-state index in [4.69, 9.17) is 40.2 Å². The van der Waals surface area contributed by atoms with E-state index in [0.29, 0.717) is 0 Å². The van der Waals surface area contributed by atoms with E-state index in [2.05, 4.69) is 0 Å². The summed E-state index contributed by atoms with van der Waals surface area (Å²) in [5.74, 6) is -7.19. The number of aliphatic hydroxyl groups is 2. The molecule has 10 nitrogen and oxygen atoms in total. The number of carboxylic acids is 4. The molecule has 6 N–H and O–H groups in total. The van der Waals surface area contributed by atoms with Crippen LogP contribution in [0.15, 0.2) is 0 Å². The average Bonchev–Trinajstić information content (AvgIpc) is 2.15. The normalized spacial score (nSPS) is 12.6. The van der Waals surface area contributed by atoms with Gasteiger partial charge in [0.25, 0.3) is 0 Å². The molecule has 0 bridgehead atoms. The fraction of sp³-hybridized carbons (Fsp3) is 0.333. The van der Waals surface area contributed by atoms with Crippen LogP contribution in [0.1, 0.15) is 0 Å². The van der Waals surface area contributed by atoms with Gasteiger partial charge >= 0.3 is 23.9 Å². The van der Waals surface area contributed by atoms with E-state index in [1.54, 1.807) is 0 Å². The molecule has 2 atom stereocenters. The van der Waals surface area contributed by atoms with E-state index in [1.165, 1.54) is 0 Å². The molecule has 10 heteroatoms. The number of hydrogen-bond acceptors (Lipinski definition) is 6. The smallest absolute Gasteiger partial charge is 0.414 e. The van der Waals surface area contributed by atoms with Crippen LogP contribution in [0.4, 0.5) is 0 Å². The molecule has 92 valence electrons. The topological polar surface area (TPSA) is 190 Å². The van der Waals surface area contributed by atoms with E-state index in [0.717, 1.165) is 0 Å². The van der Waals surface area contributed by atoms with Crippen molar-refractivity contribution in [3.05, 3.63) is 0 Å². The zero-order valence-electron chi connectivity index (χ0n) is 7.47. The van der Waals surface area contributed by atoms with Crippen molar-refractivity contribution >= 4 is 23.9 Å². The third-order valence-corrected chi connectivity index (χ3v) is 0.988. The first-order valence-electron chi connectivity index (χ1n) is 3.39. The summed E-state index contributed by atoms with van der Waals surface area (Å²) >= 11 is 0. The molecule has 0 aliphatic rings. The minimum absolute atomic E-state index is 1.77. The van der Waals surface area contributed by atoms with Crippen molar-refractivity contribution in [2.75, 3.05) is 0 Å². The van der Waals surface area contributed by atoms with E-state index in [9.17, 15) is 9.59 Å². The monoisotopic (exact) mass is 240 g/mol. The van der Waals surface area contributed by atoms with E-state index in [1.807, 2.05) is 0 Å². The summed E-state index contributed by atoms with van der Waals surface area (Å²) in [5.41, 5.74) is 0. The van der Waals surface area contributed by atoms with E-state index in [-0.39, 0.29) is 0 Å². The van der Waals surface area contributed by atoms with Gasteiger partial charge in [0, 0.05) is 0 Å². The third kappa shape index (κ3) is 7.23. The Morgan fingerprint density at radius 1 is 0.625 bits per heavy atom. The Morgan fingerprint density at radius 2 is 0.812 bits per heavy atom. The molecule has 16 heavy (non-hydrogen) atoms. The average molecular weight is 240 g/mol. The predicted octanol–water partition coefficient (Wildman–Crippen LogP) is -2.97. The maximum Gasteiger partial charge on any atom is 0.414 e. The van der Waals surface area contributed by atoms with Crippen molar-refractivity contribution in [3.8, 4) is 0 Å². The van der Waals surface area contributed by atoms with Crippen molar-refractivity contribution in [2.24, 2.45) is 0 Å². The molecule has 0 amide bonds. The van der Waals surface area contributed by atoms with Crippen LogP contribution in [0, 0.1) is 0 Å². The van der Waals surface area contributed by atoms with Crippen LogP contribution in [0.3, 0.4) is 0 Å². The Labute approximate surface area is 87.0 Å². The van der Waals surface area contributed by atoms with Gasteiger partial charge in [-0.3, -0.25) is 0 Å². The minimum atomic E-state index is -2.27. The number of hydrogen-bond donors (Lipinski definition) is 6. The van der Waals surface area contributed by atoms with Crippen molar-refractivity contribution < 1.29 is 49.8 Å². The maximum absolute atomic E-state index is 9.77. The number of carbonyl (C=O) groups is 4. The summed E-state index contributed by atoms with van der Waals surface area (Å²) in [5, 5.41) is 47.3. The van der Waals surface area contributed by atoms with Crippen LogP contribution in [-0.2, 0) is 19.2 Å². The van der Waals surface area contributed by atoms with Crippen LogP contribution in [-0.4, -0.2) is 66.7 Å². The summed E-state index contributed by atoms with van der Waals surface area (Å²) in [4.78, 5) is 37.7. The van der Waals surface area contributed by atoms with Gasteiger partial charge in [0.2, 0.25) is 0 Å². The van der Waals surface area contributed by atoms with Gasteiger partial charge in [-0.2, -0.15) is 0 Å². The lowest BCUT2D eigenvalue weighted by molar-refractivity contribution is -0.165. The molecule has 0 aromatic carbocycles. The molecule has 0 rings (SSSR count). The molecule has 0 aromatic rings. The fourth-order valence-electron chi connectivity index (χ4n) is 0.270. The summed E-state index contributed by atoms with van der Waals surface area (Å²) in [6, 6.07) is 0. The Bertz CT molecular complexity index is 264. The van der Waals surface area contributed by atoms with Crippen molar-refractivity contribution in [1.82, 2.24) is 0 Å². The second-order valence-corrected chi connectivity index (χ2v) is 2.18. The Morgan fingerprint density at radius 3 is 0.875 bits per heavy atom. The summed E-state index contributed by atoms with van der Waals surface area (Å²) in [6.07, 6.45) is -4.53. The van der Waals surface area contributed by atoms with Crippen LogP contribution in [0.25, 0.3) is 0 Å². The van der Waals surface area contributed by atoms with Crippen LogP contribution >= 0.6 is 0 Å². The quantitative estimate of drug-likeness (QED) is 0.277. The zero-order valence-corrected chi connectivity index (χ0v) is 7.47. The second-order valence-electron chi connectivity index (χ2n) is 2.18. The highest BCUT2D eigenvalue weighted by molar-refractivity contribution is 6.27.